The van der Waals surface area contributed by atoms with Gasteiger partial charge in [-0.1, -0.05) is 0 Å². The summed E-state index contributed by atoms with van der Waals surface area (Å²) in [6.45, 7) is 0.972. The first-order valence-corrected chi connectivity index (χ1v) is 0.908. The molecule has 7 heavy (non-hydrogen) atoms. The summed E-state index contributed by atoms with van der Waals surface area (Å²) in [7, 11) is 0. The van der Waals surface area contributed by atoms with E-state index >= 15 is 0 Å². The van der Waals surface area contributed by atoms with Gasteiger partial charge in [0.2, 0.25) is 0 Å². The molecule has 2 nitrogen and oxygen atoms in total. The molecule has 0 aliphatic carbocycles. The van der Waals surface area contributed by atoms with Gasteiger partial charge >= 0.3 is 23.9 Å². The summed E-state index contributed by atoms with van der Waals surface area (Å²) < 4.78 is 0. The van der Waals surface area contributed by atoms with E-state index in [1.54, 1.807) is 0 Å². The zero-order chi connectivity index (χ0) is 3.58. The molecule has 0 saturated heterocycles. The second kappa shape index (κ2) is 15.7. The summed E-state index contributed by atoms with van der Waals surface area (Å²) in [4.78, 5) is 8.89. The molecule has 0 aliphatic rings. The first-order valence-electron chi connectivity index (χ1n) is 0.908. The van der Waals surface area contributed by atoms with E-state index in [9.17, 15) is 0 Å². The summed E-state index contributed by atoms with van der Waals surface area (Å²) in [5.41, 5.74) is 0. The Balaban J connectivity index is -0.0000000150. The SMILES string of the molecule is CC(=O)[O-].[Cl-].[Co].[Sn+2]. The molecular weight excluding hydrogens is 269 g/mol. The molecule has 0 amide bonds. The second-order valence-corrected chi connectivity index (χ2v) is 0.492. The molecule has 0 bridgehead atoms. The number of carbonyl (C=O) groups is 1. The predicted molar refractivity (Wildman–Crippen MR) is 16.4 cm³/mol. The van der Waals surface area contributed by atoms with E-state index in [0.717, 1.165) is 6.92 Å². The van der Waals surface area contributed by atoms with Crippen LogP contribution < -0.4 is 17.5 Å². The van der Waals surface area contributed by atoms with Crippen LogP contribution in [0, 0.1) is 0 Å². The summed E-state index contributed by atoms with van der Waals surface area (Å²) in [6.07, 6.45) is 0. The van der Waals surface area contributed by atoms with Gasteiger partial charge in [0.05, 0.1) is 0 Å². The second-order valence-electron chi connectivity index (χ2n) is 0.492. The van der Waals surface area contributed by atoms with Crippen molar-refractivity contribution >= 4 is 29.9 Å². The zero-order valence-corrected chi connectivity index (χ0v) is 8.18. The molecule has 0 fully saturated rings. The Morgan fingerprint density at radius 1 is 1.57 bits per heavy atom. The molecule has 0 heterocycles. The number of hydrogen-bond acceptors (Lipinski definition) is 2. The van der Waals surface area contributed by atoms with Crippen molar-refractivity contribution in [3.63, 3.8) is 0 Å². The van der Waals surface area contributed by atoms with E-state index in [2.05, 4.69) is 0 Å². The van der Waals surface area contributed by atoms with E-state index in [-0.39, 0.29) is 53.1 Å². The monoisotopic (exact) mass is 273 g/mol. The Labute approximate surface area is 75.6 Å². The van der Waals surface area contributed by atoms with Crippen molar-refractivity contribution in [2.75, 3.05) is 0 Å². The molecule has 0 aromatic heterocycles. The van der Waals surface area contributed by atoms with Gasteiger partial charge in [-0.05, 0) is 6.92 Å². The first-order chi connectivity index (χ1) is 1.73. The van der Waals surface area contributed by atoms with Crippen molar-refractivity contribution in [2.24, 2.45) is 0 Å². The maximum absolute atomic E-state index is 8.89. The third-order valence-electron chi connectivity index (χ3n) is 0. The fraction of sp³-hybridized carbons (Fsp3) is 0.500. The largest absolute Gasteiger partial charge is 2.00 e. The van der Waals surface area contributed by atoms with Crippen LogP contribution in [0.3, 0.4) is 0 Å². The van der Waals surface area contributed by atoms with Crippen molar-refractivity contribution in [3.05, 3.63) is 0 Å². The smallest absolute Gasteiger partial charge is 1.00 e. The average Bonchev–Trinajstić information content (AvgIpc) is 0.811. The van der Waals surface area contributed by atoms with Gasteiger partial charge in [0, 0.05) is 22.7 Å². The van der Waals surface area contributed by atoms with Crippen molar-refractivity contribution in [2.45, 2.75) is 6.92 Å². The minimum atomic E-state index is -1.08. The van der Waals surface area contributed by atoms with Gasteiger partial charge < -0.3 is 22.3 Å². The van der Waals surface area contributed by atoms with Crippen LogP contribution in [-0.4, -0.2) is 29.9 Å². The summed E-state index contributed by atoms with van der Waals surface area (Å²) >= 11 is 0. The van der Waals surface area contributed by atoms with Crippen molar-refractivity contribution in [1.82, 2.24) is 0 Å². The van der Waals surface area contributed by atoms with Crippen LogP contribution >= 0.6 is 0 Å². The Morgan fingerprint density at radius 2 is 1.57 bits per heavy atom. The molecule has 5 heteroatoms. The molecule has 0 aliphatic heterocycles. The van der Waals surface area contributed by atoms with E-state index in [1.165, 1.54) is 0 Å². The summed E-state index contributed by atoms with van der Waals surface area (Å²) in [6, 6.07) is 0. The predicted octanol–water partition coefficient (Wildman–Crippen LogP) is -4.62. The van der Waals surface area contributed by atoms with Gasteiger partial charge in [0.25, 0.3) is 0 Å². The van der Waals surface area contributed by atoms with Crippen LogP contribution in [0.4, 0.5) is 0 Å². The Morgan fingerprint density at radius 3 is 1.57 bits per heavy atom. The molecule has 0 atom stereocenters. The third kappa shape index (κ3) is 160. The van der Waals surface area contributed by atoms with E-state index in [4.69, 9.17) is 9.90 Å². The molecule has 0 aromatic rings. The Hall–Kier alpha value is 1.07. The number of carbonyl (C=O) groups excluding carboxylic acids is 1. The van der Waals surface area contributed by atoms with Gasteiger partial charge in [0.1, 0.15) is 0 Å². The molecule has 3 radical (unpaired) electrons. The maximum Gasteiger partial charge on any atom is 2.00 e. The van der Waals surface area contributed by atoms with Gasteiger partial charge in [-0.25, -0.2) is 0 Å². The van der Waals surface area contributed by atoms with E-state index < -0.39 is 5.97 Å². The number of rotatable bonds is 0. The van der Waals surface area contributed by atoms with E-state index in [1.807, 2.05) is 0 Å². The Kier molecular flexibility index (Phi) is 54.7. The quantitative estimate of drug-likeness (QED) is 0.416. The number of carboxylic acid groups (broad SMARTS) is 1. The standard InChI is InChI=1S/C2H4O2.ClH.Co.Sn/c1-2(3)4;;;/h1H3,(H,3,4);1H;;/q;;;+2/p-2. The van der Waals surface area contributed by atoms with E-state index in [0.29, 0.717) is 0 Å². The minimum Gasteiger partial charge on any atom is -1.00 e. The normalized spacial score (nSPS) is 3.57. The molecule has 0 N–H and O–H groups in total. The van der Waals surface area contributed by atoms with Gasteiger partial charge in [-0.15, -0.1) is 0 Å². The van der Waals surface area contributed by atoms with Crippen molar-refractivity contribution < 1.29 is 39.1 Å². The molecule has 0 saturated carbocycles. The number of halogens is 1. The summed E-state index contributed by atoms with van der Waals surface area (Å²) in [5, 5.41) is 8.89. The molecular formula is C2H3ClCoO2Sn. The molecule has 0 rings (SSSR count). The van der Waals surface area contributed by atoms with Crippen LogP contribution in [0.2, 0.25) is 0 Å². The molecule has 0 unspecified atom stereocenters. The first kappa shape index (κ1) is 24.4. The average molecular weight is 272 g/mol. The molecule has 0 spiro atoms. The van der Waals surface area contributed by atoms with Gasteiger partial charge in [0.15, 0.2) is 0 Å². The number of carboxylic acids is 1. The summed E-state index contributed by atoms with van der Waals surface area (Å²) in [5.74, 6) is -1.08. The number of hydrogen-bond donors (Lipinski definition) is 0. The van der Waals surface area contributed by atoms with Crippen molar-refractivity contribution in [3.8, 4) is 0 Å². The van der Waals surface area contributed by atoms with Crippen LogP contribution in [0.15, 0.2) is 0 Å². The maximum atomic E-state index is 8.89. The minimum absolute atomic E-state index is 0. The van der Waals surface area contributed by atoms with Crippen LogP contribution in [-0.2, 0) is 21.6 Å². The van der Waals surface area contributed by atoms with Gasteiger partial charge in [-0.3, -0.25) is 0 Å². The van der Waals surface area contributed by atoms with Crippen LogP contribution in [0.25, 0.3) is 0 Å². The Bertz CT molecular complexity index is 38.7. The fourth-order valence-electron chi connectivity index (χ4n) is 0. The molecule has 0 aromatic carbocycles. The molecule has 43 valence electrons. The third-order valence-corrected chi connectivity index (χ3v) is 0. The van der Waals surface area contributed by atoms with Crippen LogP contribution in [0.1, 0.15) is 6.92 Å². The zero-order valence-electron chi connectivity index (χ0n) is 3.53. The number of aliphatic carboxylic acids is 1. The van der Waals surface area contributed by atoms with Crippen LogP contribution in [0.5, 0.6) is 0 Å². The fourth-order valence-corrected chi connectivity index (χ4v) is 0. The van der Waals surface area contributed by atoms with Crippen molar-refractivity contribution in [1.29, 1.82) is 0 Å². The van der Waals surface area contributed by atoms with Gasteiger partial charge in [-0.2, -0.15) is 0 Å². The topological polar surface area (TPSA) is 40.1 Å².